The number of benzene rings is 4. The van der Waals surface area contributed by atoms with Gasteiger partial charge in [-0.05, 0) is 212 Å². The van der Waals surface area contributed by atoms with E-state index in [1.807, 2.05) is 0 Å². The molecule has 0 amide bonds. The molecule has 4 aromatic carbocycles. The predicted molar refractivity (Wildman–Crippen MR) is 333 cm³/mol. The highest BCUT2D eigenvalue weighted by Gasteiger charge is 2.55. The fraction of sp³-hybridized carbons (Fsp3) is 0.588. The van der Waals surface area contributed by atoms with Crippen molar-refractivity contribution in [3.63, 3.8) is 0 Å². The van der Waals surface area contributed by atoms with Gasteiger partial charge in [-0.2, -0.15) is 0 Å². The zero-order valence-corrected chi connectivity index (χ0v) is 56.3. The molecule has 8 aliphatic carbocycles. The van der Waals surface area contributed by atoms with Crippen LogP contribution in [0.25, 0.3) is 0 Å². The van der Waals surface area contributed by atoms with Gasteiger partial charge in [-0.25, -0.2) is 19.0 Å². The number of likely N-dealkylation sites (N-methyl/N-ethyl adjacent to an activating group) is 2. The number of anilines is 2. The topological polar surface area (TPSA) is 43.5 Å². The van der Waals surface area contributed by atoms with Crippen LogP contribution in [0, 0.1) is 103 Å². The van der Waals surface area contributed by atoms with Crippen molar-refractivity contribution in [1.29, 1.82) is 0 Å². The van der Waals surface area contributed by atoms with E-state index in [0.29, 0.717) is 0 Å². The molecule has 10 nitrogen and oxygen atoms in total. The van der Waals surface area contributed by atoms with E-state index >= 15 is 0 Å². The fourth-order valence-electron chi connectivity index (χ4n) is 17.8. The smallest absolute Gasteiger partial charge is 0.673 e. The number of rotatable bonds is 8. The summed E-state index contributed by atoms with van der Waals surface area (Å²) in [6, 6.07) is 23.3. The van der Waals surface area contributed by atoms with Gasteiger partial charge >= 0.3 is 7.25 Å². The first kappa shape index (κ1) is 68.7. The second-order valence-corrected chi connectivity index (χ2v) is 26.7. The van der Waals surface area contributed by atoms with Gasteiger partial charge in [0.2, 0.25) is 25.4 Å². The summed E-state index contributed by atoms with van der Waals surface area (Å²) < 4.78 is 59.6. The predicted octanol–water partition coefficient (Wildman–Crippen LogP) is 4.15. The lowest BCUT2D eigenvalue weighted by Crippen LogP contribution is -3.00. The number of aryl methyl sites for hydroxylation is 8. The lowest BCUT2D eigenvalue weighted by molar-refractivity contribution is -0.580. The number of nitrogens with zero attached hydrogens (tertiary/aromatic N) is 8. The van der Waals surface area contributed by atoms with Crippen molar-refractivity contribution in [2.75, 3.05) is 90.5 Å². The van der Waals surface area contributed by atoms with Crippen LogP contribution in [-0.4, -0.2) is 153 Å². The lowest BCUT2D eigenvalue weighted by Gasteiger charge is -2.54. The summed E-state index contributed by atoms with van der Waals surface area (Å²) in [5, 5.41) is 0. The van der Waals surface area contributed by atoms with Gasteiger partial charge in [-0.15, -0.1) is 0 Å². The van der Waals surface area contributed by atoms with Crippen molar-refractivity contribution in [2.24, 2.45) is 47.3 Å². The van der Waals surface area contributed by atoms with E-state index in [0.717, 1.165) is 97.1 Å². The molecule has 4 aromatic rings. The van der Waals surface area contributed by atoms with Crippen LogP contribution in [0.2, 0.25) is 0 Å². The number of hydrogen-bond donors (Lipinski definition) is 0. The van der Waals surface area contributed by atoms with E-state index < -0.39 is 7.25 Å². The van der Waals surface area contributed by atoms with Gasteiger partial charge in [-0.1, -0.05) is 36.4 Å². The Bertz CT molecular complexity index is 2990. The molecule has 472 valence electrons. The first-order valence-electron chi connectivity index (χ1n) is 31.3. The summed E-state index contributed by atoms with van der Waals surface area (Å²) in [5.74, 6) is 10.5. The first-order chi connectivity index (χ1) is 39.6. The van der Waals surface area contributed by atoms with Crippen LogP contribution in [0.5, 0.6) is 11.5 Å². The Morgan fingerprint density at radius 1 is 0.465 bits per heavy atom. The molecule has 0 atom stereocenters. The van der Waals surface area contributed by atoms with E-state index in [1.165, 1.54) is 93.4 Å². The lowest BCUT2D eigenvalue weighted by atomic mass is 9.54. The summed E-state index contributed by atoms with van der Waals surface area (Å²) in [7, 11) is 1.60. The molecular weight excluding hydrogens is 1200 g/mol. The molecule has 4 aliphatic heterocycles. The second-order valence-electron chi connectivity index (χ2n) is 26.7. The zero-order chi connectivity index (χ0) is 59.0. The molecule has 8 saturated carbocycles. The Labute approximate surface area is 535 Å². The van der Waals surface area contributed by atoms with Crippen LogP contribution in [0.4, 0.5) is 40.0 Å². The van der Waals surface area contributed by atoms with Crippen LogP contribution in [-0.2, 0) is 0 Å². The molecule has 0 aromatic heterocycles. The van der Waals surface area contributed by atoms with Gasteiger partial charge in [0.25, 0.3) is 0 Å². The third kappa shape index (κ3) is 15.8. The molecule has 0 spiro atoms. The number of methoxy groups -OCH3 is 2. The largest absolute Gasteiger partial charge is 1.00 e. The molecular formula is C68H96BBrCl2F4N8O2. The molecule has 0 radical (unpaired) electrons. The van der Waals surface area contributed by atoms with Gasteiger partial charge in [0.15, 0.2) is 0 Å². The number of hydrogen-bond acceptors (Lipinski definition) is 6. The molecule has 0 unspecified atom stereocenters. The molecule has 4 heterocycles. The number of halogens is 7. The SMILES string of the molecule is C1=[N+](C2C3CC4CC(C3)CC2C4)CCN1C1C2CC3CC(C2)CC1C3.CN1C=[N+](C)CC1.COc1cc(C)c(N2C=[N+](c3c(C)cc(OC)cc3C)CC2)c(C)c1.Cc1cccc(C)c1N1C=[N+](c2c(C)cccc2C)CC1.F[B-](F)(F)F.[Br-].[Cl-].[Cl-]. The maximum absolute atomic E-state index is 9.75. The van der Waals surface area contributed by atoms with Crippen molar-refractivity contribution in [3.05, 3.63) is 105 Å². The standard InChI is InChI=1S/C23H35N2.C21H27N2O2.C19H23N2.C5H11N2.BF4.BrH.2ClH/c1-2-25(23-20-9-16-4-17(11-20)12-21(23)10-16)13-24(1)22-18-5-14-3-15(7-18)8-19(22)6-14;1-14-9-18(24-5)10-15(2)20(14)22-7-8-23(13-22)21-16(3)11-19(25-6)12-17(21)4;1-14-7-5-8-15(2)18(14)20-11-12-21(13-20)19-16(3)9-6-10-17(19)4;1-6-3-4-7(2)5-6;2-1(3,4)5;;;/h13-23H,1-12H2;9-13H,7-8H2,1-6H3;5-10,13H,11-12H2,1-4H3;5H,3-4H2,1-2H3;;3*1H/q4*+1;-1;;;/p-3. The summed E-state index contributed by atoms with van der Waals surface area (Å²) >= 11 is 0. The van der Waals surface area contributed by atoms with E-state index in [2.05, 4.69) is 193 Å². The Hall–Kier alpha value is -4.80. The van der Waals surface area contributed by atoms with Crippen molar-refractivity contribution in [1.82, 2.24) is 9.80 Å². The molecule has 12 aliphatic rings. The summed E-state index contributed by atoms with van der Waals surface area (Å²) in [6.45, 7) is 26.4. The average molecular weight is 1300 g/mol. The Morgan fingerprint density at radius 2 is 0.849 bits per heavy atom. The molecule has 18 heteroatoms. The maximum Gasteiger partial charge on any atom is 0.673 e. The van der Waals surface area contributed by atoms with Crippen LogP contribution >= 0.6 is 0 Å². The third-order valence-corrected chi connectivity index (χ3v) is 20.4. The molecule has 0 saturated heterocycles. The van der Waals surface area contributed by atoms with E-state index in [4.69, 9.17) is 9.47 Å². The van der Waals surface area contributed by atoms with Crippen LogP contribution < -0.4 is 61.1 Å². The highest BCUT2D eigenvalue weighted by molar-refractivity contribution is 6.50. The highest BCUT2D eigenvalue weighted by atomic mass is 79.9. The zero-order valence-electron chi connectivity index (χ0n) is 53.2. The molecule has 16 rings (SSSR count). The van der Waals surface area contributed by atoms with Gasteiger partial charge in [0, 0.05) is 23.7 Å². The minimum Gasteiger partial charge on any atom is -1.00 e. The Morgan fingerprint density at radius 3 is 1.23 bits per heavy atom. The van der Waals surface area contributed by atoms with Crippen molar-refractivity contribution >= 4 is 55.4 Å². The van der Waals surface area contributed by atoms with Crippen LogP contribution in [0.3, 0.4) is 0 Å². The van der Waals surface area contributed by atoms with E-state index in [9.17, 15) is 17.3 Å². The van der Waals surface area contributed by atoms with E-state index in [1.54, 1.807) is 78.4 Å². The van der Waals surface area contributed by atoms with Crippen molar-refractivity contribution in [2.45, 2.75) is 132 Å². The van der Waals surface area contributed by atoms with Gasteiger partial charge < -0.3 is 68.5 Å². The average Bonchev–Trinajstić information content (AvgIpc) is 1.43. The van der Waals surface area contributed by atoms with Crippen molar-refractivity contribution < 1.29 is 86.8 Å². The quantitative estimate of drug-likeness (QED) is 0.150. The molecule has 8 fully saturated rings. The van der Waals surface area contributed by atoms with Crippen LogP contribution in [0.15, 0.2) is 60.7 Å². The van der Waals surface area contributed by atoms with Gasteiger partial charge in [0.1, 0.15) is 98.7 Å². The Kier molecular flexibility index (Phi) is 23.3. The molecule has 0 N–H and O–H groups in total. The minimum absolute atomic E-state index is 0. The second kappa shape index (κ2) is 29.2. The summed E-state index contributed by atoms with van der Waals surface area (Å²) in [6.07, 6.45) is 25.0. The fourth-order valence-corrected chi connectivity index (χ4v) is 17.8. The number of ether oxygens (including phenoxy) is 2. The highest BCUT2D eigenvalue weighted by Crippen LogP contribution is 2.57. The van der Waals surface area contributed by atoms with Crippen molar-refractivity contribution in [3.8, 4) is 11.5 Å². The van der Waals surface area contributed by atoms with E-state index in [-0.39, 0.29) is 41.8 Å². The minimum atomic E-state index is -6.00. The van der Waals surface area contributed by atoms with Gasteiger partial charge in [0.05, 0.1) is 28.3 Å². The summed E-state index contributed by atoms with van der Waals surface area (Å²) in [5.41, 5.74) is 15.6. The normalized spacial score (nSPS) is 26.8. The third-order valence-electron chi connectivity index (χ3n) is 20.4. The molecule has 8 bridgehead atoms. The Balaban J connectivity index is 0.000000166. The maximum atomic E-state index is 9.75. The van der Waals surface area contributed by atoms with Gasteiger partial charge in [-0.3, -0.25) is 19.0 Å². The molecule has 86 heavy (non-hydrogen) atoms. The number of para-hydroxylation sites is 2. The summed E-state index contributed by atoms with van der Waals surface area (Å²) in [4.78, 5) is 9.78. The first-order valence-corrected chi connectivity index (χ1v) is 31.3. The van der Waals surface area contributed by atoms with Crippen LogP contribution in [0.1, 0.15) is 109 Å². The monoisotopic (exact) mass is 1290 g/mol.